The number of aromatic carboxylic acids is 1. The number of carboxylic acids is 1. The quantitative estimate of drug-likeness (QED) is 0.768. The van der Waals surface area contributed by atoms with E-state index in [4.69, 9.17) is 10.8 Å². The van der Waals surface area contributed by atoms with Gasteiger partial charge in [0.15, 0.2) is 0 Å². The lowest BCUT2D eigenvalue weighted by Gasteiger charge is -2.40. The monoisotopic (exact) mass is 340 g/mol. The van der Waals surface area contributed by atoms with Crippen molar-refractivity contribution in [3.05, 3.63) is 28.2 Å². The van der Waals surface area contributed by atoms with Gasteiger partial charge in [-0.25, -0.2) is 4.79 Å². The molecule has 1 fully saturated rings. The van der Waals surface area contributed by atoms with E-state index < -0.39 is 5.97 Å². The molecule has 5 nitrogen and oxygen atoms in total. The normalized spacial score (nSPS) is 16.3. The zero-order valence-corrected chi connectivity index (χ0v) is 12.6. The Labute approximate surface area is 125 Å². The van der Waals surface area contributed by atoms with Crippen LogP contribution in [0.15, 0.2) is 22.7 Å². The van der Waals surface area contributed by atoms with E-state index in [9.17, 15) is 9.59 Å². The number of hydrogen-bond donors (Lipinski definition) is 3. The molecule has 108 valence electrons. The highest BCUT2D eigenvalue weighted by Gasteiger charge is 2.37. The Hall–Kier alpha value is -1.40. The van der Waals surface area contributed by atoms with Gasteiger partial charge in [0.1, 0.15) is 0 Å². The lowest BCUT2D eigenvalue weighted by Crippen LogP contribution is -2.40. The summed E-state index contributed by atoms with van der Waals surface area (Å²) in [7, 11) is 0. The van der Waals surface area contributed by atoms with Gasteiger partial charge in [0, 0.05) is 16.6 Å². The summed E-state index contributed by atoms with van der Waals surface area (Å²) in [6.45, 7) is 0.515. The lowest BCUT2D eigenvalue weighted by molar-refractivity contribution is -0.119. The standard InChI is InChI=1S/C14H17BrN2O3/c15-11-3-2-9(6-10(11)13(19)20)17-12(18)7-14(8-16)4-1-5-14/h2-3,6H,1,4-5,7-8,16H2,(H,17,18)(H,19,20). The topological polar surface area (TPSA) is 92.4 Å². The number of hydrogen-bond acceptors (Lipinski definition) is 3. The van der Waals surface area contributed by atoms with Crippen LogP contribution in [0.5, 0.6) is 0 Å². The van der Waals surface area contributed by atoms with Gasteiger partial charge in [-0.2, -0.15) is 0 Å². The van der Waals surface area contributed by atoms with Gasteiger partial charge in [0.2, 0.25) is 5.91 Å². The molecule has 4 N–H and O–H groups in total. The van der Waals surface area contributed by atoms with Crippen LogP contribution < -0.4 is 11.1 Å². The first-order chi connectivity index (χ1) is 9.46. The third-order valence-corrected chi connectivity index (χ3v) is 4.55. The molecular formula is C14H17BrN2O3. The van der Waals surface area contributed by atoms with Gasteiger partial charge in [-0.3, -0.25) is 4.79 Å². The zero-order valence-electron chi connectivity index (χ0n) is 11.0. The molecule has 1 aliphatic rings. The molecule has 1 amide bonds. The van der Waals surface area contributed by atoms with Crippen LogP contribution in [0.4, 0.5) is 5.69 Å². The van der Waals surface area contributed by atoms with Crippen LogP contribution in [0, 0.1) is 5.41 Å². The van der Waals surface area contributed by atoms with Crippen LogP contribution in [0.25, 0.3) is 0 Å². The average Bonchev–Trinajstić information content (AvgIpc) is 2.36. The summed E-state index contributed by atoms with van der Waals surface area (Å²) in [5.74, 6) is -1.15. The largest absolute Gasteiger partial charge is 0.478 e. The van der Waals surface area contributed by atoms with Gasteiger partial charge < -0.3 is 16.2 Å². The van der Waals surface area contributed by atoms with E-state index >= 15 is 0 Å². The highest BCUT2D eigenvalue weighted by molar-refractivity contribution is 9.10. The first kappa shape index (κ1) is 15.0. The van der Waals surface area contributed by atoms with Crippen molar-refractivity contribution in [1.29, 1.82) is 0 Å². The Bertz CT molecular complexity index is 536. The van der Waals surface area contributed by atoms with Crippen molar-refractivity contribution >= 4 is 33.5 Å². The van der Waals surface area contributed by atoms with Gasteiger partial charge in [-0.1, -0.05) is 6.42 Å². The number of anilines is 1. The molecule has 0 aliphatic heterocycles. The molecule has 1 aromatic carbocycles. The van der Waals surface area contributed by atoms with Crippen LogP contribution in [0.1, 0.15) is 36.0 Å². The molecule has 1 aromatic rings. The van der Waals surface area contributed by atoms with Crippen LogP contribution in [-0.2, 0) is 4.79 Å². The van der Waals surface area contributed by atoms with E-state index in [1.807, 2.05) is 0 Å². The highest BCUT2D eigenvalue weighted by Crippen LogP contribution is 2.43. The second-order valence-electron chi connectivity index (χ2n) is 5.28. The third-order valence-electron chi connectivity index (χ3n) is 3.86. The van der Waals surface area contributed by atoms with Crippen molar-refractivity contribution in [2.24, 2.45) is 11.1 Å². The van der Waals surface area contributed by atoms with Crippen LogP contribution >= 0.6 is 15.9 Å². The predicted molar refractivity (Wildman–Crippen MR) is 79.7 cm³/mol. The number of rotatable bonds is 5. The van der Waals surface area contributed by atoms with Gasteiger partial charge in [0.05, 0.1) is 5.56 Å². The molecule has 0 atom stereocenters. The fourth-order valence-corrected chi connectivity index (χ4v) is 2.86. The molecule has 0 heterocycles. The van der Waals surface area contributed by atoms with E-state index in [0.29, 0.717) is 23.1 Å². The van der Waals surface area contributed by atoms with Crippen molar-refractivity contribution < 1.29 is 14.7 Å². The number of nitrogens with two attached hydrogens (primary N) is 1. The number of amides is 1. The highest BCUT2D eigenvalue weighted by atomic mass is 79.9. The van der Waals surface area contributed by atoms with E-state index in [1.54, 1.807) is 12.1 Å². The molecule has 1 aliphatic carbocycles. The van der Waals surface area contributed by atoms with Gasteiger partial charge >= 0.3 is 5.97 Å². The molecule has 0 unspecified atom stereocenters. The predicted octanol–water partition coefficient (Wildman–Crippen LogP) is 2.60. The fraction of sp³-hybridized carbons (Fsp3) is 0.429. The summed E-state index contributed by atoms with van der Waals surface area (Å²) < 4.78 is 0.487. The van der Waals surface area contributed by atoms with Crippen LogP contribution in [0.3, 0.4) is 0 Å². The third kappa shape index (κ3) is 3.19. The van der Waals surface area contributed by atoms with Gasteiger partial charge in [-0.05, 0) is 58.9 Å². The minimum atomic E-state index is -1.04. The summed E-state index contributed by atoms with van der Waals surface area (Å²) in [5, 5.41) is 11.8. The summed E-state index contributed by atoms with van der Waals surface area (Å²) >= 11 is 3.17. The molecule has 0 bridgehead atoms. The molecule has 0 spiro atoms. The smallest absolute Gasteiger partial charge is 0.336 e. The molecule has 6 heteroatoms. The number of halogens is 1. The zero-order chi connectivity index (χ0) is 14.8. The number of benzene rings is 1. The molecule has 0 saturated heterocycles. The summed E-state index contributed by atoms with van der Waals surface area (Å²) in [6, 6.07) is 4.73. The maximum atomic E-state index is 12.0. The second-order valence-corrected chi connectivity index (χ2v) is 6.14. The van der Waals surface area contributed by atoms with Crippen molar-refractivity contribution in [2.75, 3.05) is 11.9 Å². The first-order valence-corrected chi connectivity index (χ1v) is 7.28. The number of carboxylic acid groups (broad SMARTS) is 1. The fourth-order valence-electron chi connectivity index (χ4n) is 2.44. The SMILES string of the molecule is NCC1(CC(=O)Nc2ccc(Br)c(C(=O)O)c2)CCC1. The minimum Gasteiger partial charge on any atom is -0.478 e. The van der Waals surface area contributed by atoms with E-state index in [2.05, 4.69) is 21.2 Å². The van der Waals surface area contributed by atoms with Crippen molar-refractivity contribution in [3.63, 3.8) is 0 Å². The summed E-state index contributed by atoms with van der Waals surface area (Å²) in [5.41, 5.74) is 6.28. The Morgan fingerprint density at radius 1 is 1.40 bits per heavy atom. The Morgan fingerprint density at radius 3 is 2.60 bits per heavy atom. The van der Waals surface area contributed by atoms with Crippen molar-refractivity contribution in [1.82, 2.24) is 0 Å². The molecular weight excluding hydrogens is 324 g/mol. The van der Waals surface area contributed by atoms with Crippen LogP contribution in [-0.4, -0.2) is 23.5 Å². The minimum absolute atomic E-state index is 0.0604. The molecule has 1 saturated carbocycles. The van der Waals surface area contributed by atoms with E-state index in [-0.39, 0.29) is 16.9 Å². The maximum absolute atomic E-state index is 12.0. The summed E-state index contributed by atoms with van der Waals surface area (Å²) in [6.07, 6.45) is 3.48. The van der Waals surface area contributed by atoms with E-state index in [1.165, 1.54) is 6.07 Å². The number of carbonyl (C=O) groups is 2. The molecule has 20 heavy (non-hydrogen) atoms. The average molecular weight is 341 g/mol. The van der Waals surface area contributed by atoms with Crippen LogP contribution in [0.2, 0.25) is 0 Å². The Balaban J connectivity index is 2.04. The number of carbonyl (C=O) groups excluding carboxylic acids is 1. The van der Waals surface area contributed by atoms with Crippen molar-refractivity contribution in [2.45, 2.75) is 25.7 Å². The molecule has 0 aromatic heterocycles. The number of nitrogens with one attached hydrogen (secondary N) is 1. The Kier molecular flexibility index (Phi) is 4.45. The van der Waals surface area contributed by atoms with Crippen molar-refractivity contribution in [3.8, 4) is 0 Å². The maximum Gasteiger partial charge on any atom is 0.336 e. The van der Waals surface area contributed by atoms with Gasteiger partial charge in [0.25, 0.3) is 0 Å². The summed E-state index contributed by atoms with van der Waals surface area (Å²) in [4.78, 5) is 23.1. The Morgan fingerprint density at radius 2 is 2.10 bits per heavy atom. The second kappa shape index (κ2) is 5.93. The molecule has 0 radical (unpaired) electrons. The molecule has 2 rings (SSSR count). The van der Waals surface area contributed by atoms with Gasteiger partial charge in [-0.15, -0.1) is 0 Å². The lowest BCUT2D eigenvalue weighted by atomic mass is 9.66. The first-order valence-electron chi connectivity index (χ1n) is 6.48. The van der Waals surface area contributed by atoms with E-state index in [0.717, 1.165) is 19.3 Å².